The first-order valence-electron chi connectivity index (χ1n) is 4.23. The first kappa shape index (κ1) is 11.6. The van der Waals surface area contributed by atoms with Crippen LogP contribution in [0.4, 0.5) is 0 Å². The van der Waals surface area contributed by atoms with Crippen molar-refractivity contribution in [2.24, 2.45) is 0 Å². The number of aromatic carboxylic acids is 1. The molecule has 0 spiro atoms. The van der Waals surface area contributed by atoms with Gasteiger partial charge >= 0.3 is 5.97 Å². The summed E-state index contributed by atoms with van der Waals surface area (Å²) in [6.07, 6.45) is 0. The van der Waals surface area contributed by atoms with Crippen molar-refractivity contribution >= 4 is 44.8 Å². The quantitative estimate of drug-likeness (QED) is 0.913. The summed E-state index contributed by atoms with van der Waals surface area (Å²) < 4.78 is 0.518. The maximum atomic E-state index is 10.8. The first-order valence-corrected chi connectivity index (χ1v) is 6.22. The zero-order chi connectivity index (χ0) is 11.7. The van der Waals surface area contributed by atoms with Gasteiger partial charge in [-0.25, -0.2) is 9.78 Å². The van der Waals surface area contributed by atoms with E-state index in [9.17, 15) is 4.79 Å². The van der Waals surface area contributed by atoms with E-state index in [1.165, 1.54) is 11.3 Å². The molecule has 0 aliphatic rings. The molecule has 0 radical (unpaired) electrons. The topological polar surface area (TPSA) is 50.2 Å². The Hall–Kier alpha value is -0.910. The van der Waals surface area contributed by atoms with Crippen molar-refractivity contribution in [3.8, 4) is 10.6 Å². The third-order valence-corrected chi connectivity index (χ3v) is 3.89. The molecule has 2 rings (SSSR count). The van der Waals surface area contributed by atoms with Crippen LogP contribution < -0.4 is 0 Å². The predicted molar refractivity (Wildman–Crippen MR) is 67.2 cm³/mol. The monoisotopic (exact) mass is 317 g/mol. The molecule has 82 valence electrons. The minimum Gasteiger partial charge on any atom is -0.476 e. The summed E-state index contributed by atoms with van der Waals surface area (Å²) >= 11 is 10.2. The first-order chi connectivity index (χ1) is 7.58. The van der Waals surface area contributed by atoms with E-state index in [0.717, 1.165) is 5.56 Å². The van der Waals surface area contributed by atoms with Crippen molar-refractivity contribution in [2.45, 2.75) is 0 Å². The van der Waals surface area contributed by atoms with Crippen molar-refractivity contribution in [3.05, 3.63) is 38.8 Å². The Morgan fingerprint density at radius 1 is 1.38 bits per heavy atom. The highest BCUT2D eigenvalue weighted by atomic mass is 79.9. The number of halogens is 2. The number of hydrogen-bond acceptors (Lipinski definition) is 3. The molecule has 0 saturated heterocycles. The predicted octanol–water partition coefficient (Wildman–Crippen LogP) is 3.92. The molecule has 0 aliphatic carbocycles. The highest BCUT2D eigenvalue weighted by Gasteiger charge is 2.16. The molecule has 0 atom stereocenters. The standard InChI is InChI=1S/C10H5BrClNO2S/c11-8-7(10(14)15)13-9(16-8)5-1-3-6(12)4-2-5/h1-4H,(H,14,15). The molecule has 0 aliphatic heterocycles. The van der Waals surface area contributed by atoms with Gasteiger partial charge in [-0.15, -0.1) is 11.3 Å². The van der Waals surface area contributed by atoms with E-state index in [0.29, 0.717) is 13.8 Å². The Labute approximate surface area is 109 Å². The zero-order valence-electron chi connectivity index (χ0n) is 7.78. The molecule has 1 aromatic heterocycles. The summed E-state index contributed by atoms with van der Waals surface area (Å²) in [7, 11) is 0. The Morgan fingerprint density at radius 3 is 2.50 bits per heavy atom. The van der Waals surface area contributed by atoms with E-state index >= 15 is 0 Å². The van der Waals surface area contributed by atoms with Gasteiger partial charge in [0.1, 0.15) is 8.79 Å². The number of benzene rings is 1. The van der Waals surface area contributed by atoms with Crippen molar-refractivity contribution < 1.29 is 9.90 Å². The largest absolute Gasteiger partial charge is 0.476 e. The summed E-state index contributed by atoms with van der Waals surface area (Å²) in [5.41, 5.74) is 0.887. The molecule has 0 fully saturated rings. The Morgan fingerprint density at radius 2 is 2.00 bits per heavy atom. The van der Waals surface area contributed by atoms with Gasteiger partial charge < -0.3 is 5.11 Å². The van der Waals surface area contributed by atoms with Crippen LogP contribution in [0.3, 0.4) is 0 Å². The fourth-order valence-corrected chi connectivity index (χ4v) is 2.78. The summed E-state index contributed by atoms with van der Waals surface area (Å²) in [6.45, 7) is 0. The minimum absolute atomic E-state index is 0.0370. The van der Waals surface area contributed by atoms with Gasteiger partial charge in [0, 0.05) is 10.6 Å². The third-order valence-electron chi connectivity index (χ3n) is 1.88. The maximum Gasteiger partial charge on any atom is 0.356 e. The second-order valence-corrected chi connectivity index (χ2v) is 5.71. The van der Waals surface area contributed by atoms with Gasteiger partial charge in [0.15, 0.2) is 5.69 Å². The Balaban J connectivity index is 2.45. The molecule has 0 amide bonds. The van der Waals surface area contributed by atoms with Crippen LogP contribution in [-0.2, 0) is 0 Å². The molecular formula is C10H5BrClNO2S. The number of carboxylic acid groups (broad SMARTS) is 1. The van der Waals surface area contributed by atoms with E-state index in [1.54, 1.807) is 24.3 Å². The second kappa shape index (κ2) is 4.53. The van der Waals surface area contributed by atoms with Gasteiger partial charge in [0.25, 0.3) is 0 Å². The second-order valence-electron chi connectivity index (χ2n) is 2.95. The molecular weight excluding hydrogens is 314 g/mol. The van der Waals surface area contributed by atoms with E-state index < -0.39 is 5.97 Å². The highest BCUT2D eigenvalue weighted by molar-refractivity contribution is 9.11. The van der Waals surface area contributed by atoms with Crippen LogP contribution in [0.15, 0.2) is 28.1 Å². The van der Waals surface area contributed by atoms with Crippen LogP contribution >= 0.6 is 38.9 Å². The fraction of sp³-hybridized carbons (Fsp3) is 0. The van der Waals surface area contributed by atoms with Gasteiger partial charge in [-0.2, -0.15) is 0 Å². The van der Waals surface area contributed by atoms with Crippen molar-refractivity contribution in [1.82, 2.24) is 4.98 Å². The number of hydrogen-bond donors (Lipinski definition) is 1. The molecule has 0 bridgehead atoms. The number of carboxylic acids is 1. The van der Waals surface area contributed by atoms with E-state index in [1.807, 2.05) is 0 Å². The van der Waals surface area contributed by atoms with Crippen LogP contribution in [0.2, 0.25) is 5.02 Å². The van der Waals surface area contributed by atoms with Gasteiger partial charge in [0.05, 0.1) is 0 Å². The van der Waals surface area contributed by atoms with Crippen LogP contribution in [0, 0.1) is 0 Å². The lowest BCUT2D eigenvalue weighted by atomic mass is 10.2. The lowest BCUT2D eigenvalue weighted by molar-refractivity contribution is 0.0690. The fourth-order valence-electron chi connectivity index (χ4n) is 1.15. The van der Waals surface area contributed by atoms with Crippen LogP contribution in [-0.4, -0.2) is 16.1 Å². The van der Waals surface area contributed by atoms with Crippen LogP contribution in [0.1, 0.15) is 10.5 Å². The lowest BCUT2D eigenvalue weighted by Crippen LogP contribution is -1.96. The van der Waals surface area contributed by atoms with E-state index in [-0.39, 0.29) is 5.69 Å². The average molecular weight is 319 g/mol. The lowest BCUT2D eigenvalue weighted by Gasteiger charge is -1.94. The zero-order valence-corrected chi connectivity index (χ0v) is 10.9. The van der Waals surface area contributed by atoms with Crippen molar-refractivity contribution in [3.63, 3.8) is 0 Å². The maximum absolute atomic E-state index is 10.8. The Bertz CT molecular complexity index is 538. The molecule has 1 aromatic carbocycles. The Kier molecular flexibility index (Phi) is 3.28. The van der Waals surface area contributed by atoms with Crippen LogP contribution in [0.5, 0.6) is 0 Å². The molecule has 6 heteroatoms. The smallest absolute Gasteiger partial charge is 0.356 e. The van der Waals surface area contributed by atoms with Gasteiger partial charge in [-0.1, -0.05) is 23.7 Å². The molecule has 1 N–H and O–H groups in total. The van der Waals surface area contributed by atoms with Gasteiger partial charge in [0.2, 0.25) is 0 Å². The summed E-state index contributed by atoms with van der Waals surface area (Å²) in [6, 6.07) is 7.09. The van der Waals surface area contributed by atoms with E-state index in [4.69, 9.17) is 16.7 Å². The van der Waals surface area contributed by atoms with Crippen molar-refractivity contribution in [2.75, 3.05) is 0 Å². The number of carbonyl (C=O) groups is 1. The molecule has 0 saturated carbocycles. The summed E-state index contributed by atoms with van der Waals surface area (Å²) in [4.78, 5) is 14.9. The average Bonchev–Trinajstić information content (AvgIpc) is 2.61. The highest BCUT2D eigenvalue weighted by Crippen LogP contribution is 2.32. The minimum atomic E-state index is -1.04. The molecule has 0 unspecified atom stereocenters. The number of nitrogens with zero attached hydrogens (tertiary/aromatic N) is 1. The third kappa shape index (κ3) is 2.26. The molecule has 3 nitrogen and oxygen atoms in total. The summed E-state index contributed by atoms with van der Waals surface area (Å²) in [5.74, 6) is -1.04. The number of thiazole rings is 1. The van der Waals surface area contributed by atoms with E-state index in [2.05, 4.69) is 20.9 Å². The van der Waals surface area contributed by atoms with Crippen molar-refractivity contribution in [1.29, 1.82) is 0 Å². The molecule has 16 heavy (non-hydrogen) atoms. The summed E-state index contributed by atoms with van der Waals surface area (Å²) in [5, 5.41) is 10.2. The van der Waals surface area contributed by atoms with Crippen LogP contribution in [0.25, 0.3) is 10.6 Å². The molecule has 2 aromatic rings. The number of aromatic nitrogens is 1. The molecule has 1 heterocycles. The normalized spacial score (nSPS) is 10.4. The SMILES string of the molecule is O=C(O)c1nc(-c2ccc(Cl)cc2)sc1Br. The van der Waals surface area contributed by atoms with Gasteiger partial charge in [-0.05, 0) is 28.1 Å². The number of rotatable bonds is 2. The van der Waals surface area contributed by atoms with Gasteiger partial charge in [-0.3, -0.25) is 0 Å².